The van der Waals surface area contributed by atoms with Crippen LogP contribution in [0.4, 0.5) is 5.69 Å². The second-order valence-electron chi connectivity index (χ2n) is 3.78. The number of amides is 2. The van der Waals surface area contributed by atoms with E-state index in [1.807, 2.05) is 0 Å². The Kier molecular flexibility index (Phi) is 2.85. The number of rotatable bonds is 1. The molecular formula is C12H10N2O4. The zero-order valence-corrected chi connectivity index (χ0v) is 9.52. The molecule has 1 heterocycles. The Morgan fingerprint density at radius 2 is 2.00 bits per heavy atom. The number of anilines is 1. The van der Waals surface area contributed by atoms with Crippen LogP contribution in [0.1, 0.15) is 5.56 Å². The summed E-state index contributed by atoms with van der Waals surface area (Å²) in [7, 11) is 0. The Labute approximate surface area is 101 Å². The topological polar surface area (TPSA) is 102 Å². The van der Waals surface area contributed by atoms with Crippen molar-refractivity contribution in [2.75, 3.05) is 5.32 Å². The van der Waals surface area contributed by atoms with E-state index in [2.05, 4.69) is 5.32 Å². The molecule has 1 aromatic heterocycles. The molecule has 0 atom stereocenters. The first-order chi connectivity index (χ1) is 8.47. The third-order valence-corrected chi connectivity index (χ3v) is 2.43. The van der Waals surface area contributed by atoms with Crippen molar-refractivity contribution in [3.8, 4) is 0 Å². The number of fused-ring (bicyclic) bond motifs is 1. The number of hydrogen-bond donors (Lipinski definition) is 2. The fourth-order valence-electron chi connectivity index (χ4n) is 1.60. The van der Waals surface area contributed by atoms with Crippen molar-refractivity contribution < 1.29 is 14.0 Å². The lowest BCUT2D eigenvalue weighted by molar-refractivity contribution is -0.134. The summed E-state index contributed by atoms with van der Waals surface area (Å²) in [6.45, 7) is 1.78. The Bertz CT molecular complexity index is 703. The van der Waals surface area contributed by atoms with Gasteiger partial charge < -0.3 is 15.5 Å². The molecule has 18 heavy (non-hydrogen) atoms. The van der Waals surface area contributed by atoms with Gasteiger partial charge >= 0.3 is 17.4 Å². The summed E-state index contributed by atoms with van der Waals surface area (Å²) in [5, 5.41) is 3.05. The van der Waals surface area contributed by atoms with Crippen molar-refractivity contribution in [1.29, 1.82) is 0 Å². The molecule has 0 radical (unpaired) electrons. The SMILES string of the molecule is Cc1cc(=O)oc2cc(NC(=O)C(N)=O)ccc12. The third kappa shape index (κ3) is 2.22. The molecule has 3 N–H and O–H groups in total. The van der Waals surface area contributed by atoms with Gasteiger partial charge in [-0.25, -0.2) is 4.79 Å². The highest BCUT2D eigenvalue weighted by Gasteiger charge is 2.10. The van der Waals surface area contributed by atoms with Gasteiger partial charge in [-0.3, -0.25) is 9.59 Å². The van der Waals surface area contributed by atoms with Gasteiger partial charge in [0.2, 0.25) is 0 Å². The minimum atomic E-state index is -1.08. The number of aryl methyl sites for hydroxylation is 1. The van der Waals surface area contributed by atoms with Crippen molar-refractivity contribution in [3.05, 3.63) is 40.2 Å². The normalized spacial score (nSPS) is 10.3. The monoisotopic (exact) mass is 246 g/mol. The first-order valence-corrected chi connectivity index (χ1v) is 5.12. The molecule has 2 rings (SSSR count). The quantitative estimate of drug-likeness (QED) is 0.565. The van der Waals surface area contributed by atoms with Crippen LogP contribution in [0.3, 0.4) is 0 Å². The lowest BCUT2D eigenvalue weighted by Crippen LogP contribution is -2.29. The number of carbonyl (C=O) groups is 2. The Hall–Kier alpha value is -2.63. The van der Waals surface area contributed by atoms with E-state index in [1.54, 1.807) is 19.1 Å². The van der Waals surface area contributed by atoms with Gasteiger partial charge in [-0.15, -0.1) is 0 Å². The van der Waals surface area contributed by atoms with Crippen LogP contribution in [-0.4, -0.2) is 11.8 Å². The van der Waals surface area contributed by atoms with E-state index >= 15 is 0 Å². The molecule has 0 spiro atoms. The molecule has 0 unspecified atom stereocenters. The van der Waals surface area contributed by atoms with Gasteiger partial charge in [0.25, 0.3) is 0 Å². The number of carbonyl (C=O) groups excluding carboxylic acids is 2. The van der Waals surface area contributed by atoms with Crippen LogP contribution in [0.15, 0.2) is 33.5 Å². The smallest absolute Gasteiger partial charge is 0.336 e. The number of nitrogens with two attached hydrogens (primary N) is 1. The van der Waals surface area contributed by atoms with Gasteiger partial charge in [0.1, 0.15) is 5.58 Å². The summed E-state index contributed by atoms with van der Waals surface area (Å²) in [4.78, 5) is 32.9. The fourth-order valence-corrected chi connectivity index (χ4v) is 1.60. The lowest BCUT2D eigenvalue weighted by atomic mass is 10.1. The van der Waals surface area contributed by atoms with Crippen LogP contribution < -0.4 is 16.7 Å². The maximum Gasteiger partial charge on any atom is 0.336 e. The summed E-state index contributed by atoms with van der Waals surface area (Å²) in [6.07, 6.45) is 0. The van der Waals surface area contributed by atoms with Crippen LogP contribution in [-0.2, 0) is 9.59 Å². The molecule has 0 aliphatic carbocycles. The number of nitrogens with one attached hydrogen (secondary N) is 1. The zero-order valence-electron chi connectivity index (χ0n) is 9.52. The van der Waals surface area contributed by atoms with Gasteiger partial charge in [0.15, 0.2) is 0 Å². The Morgan fingerprint density at radius 3 is 2.67 bits per heavy atom. The second kappa shape index (κ2) is 4.33. The van der Waals surface area contributed by atoms with Gasteiger partial charge in [0.05, 0.1) is 0 Å². The maximum atomic E-state index is 11.2. The summed E-state index contributed by atoms with van der Waals surface area (Å²) in [6, 6.07) is 6.12. The van der Waals surface area contributed by atoms with Gasteiger partial charge in [-0.05, 0) is 24.6 Å². The van der Waals surface area contributed by atoms with Crippen LogP contribution in [0.5, 0.6) is 0 Å². The lowest BCUT2D eigenvalue weighted by Gasteiger charge is -2.05. The number of primary amides is 1. The molecule has 6 heteroatoms. The predicted octanol–water partition coefficient (Wildman–Crippen LogP) is 0.525. The molecule has 2 amide bonds. The van der Waals surface area contributed by atoms with E-state index < -0.39 is 17.4 Å². The standard InChI is InChI=1S/C12H10N2O4/c1-6-4-10(15)18-9-5-7(2-3-8(6)9)14-12(17)11(13)16/h2-5H,1H3,(H2,13,16)(H,14,17). The van der Waals surface area contributed by atoms with E-state index in [-0.39, 0.29) is 0 Å². The highest BCUT2D eigenvalue weighted by atomic mass is 16.4. The van der Waals surface area contributed by atoms with Gasteiger partial charge in [-0.1, -0.05) is 0 Å². The number of hydrogen-bond acceptors (Lipinski definition) is 4. The van der Waals surface area contributed by atoms with Crippen molar-refractivity contribution in [2.24, 2.45) is 5.73 Å². The highest BCUT2D eigenvalue weighted by Crippen LogP contribution is 2.20. The average Bonchev–Trinajstić information content (AvgIpc) is 2.27. The molecule has 0 bridgehead atoms. The summed E-state index contributed by atoms with van der Waals surface area (Å²) >= 11 is 0. The van der Waals surface area contributed by atoms with Crippen LogP contribution in [0.25, 0.3) is 11.0 Å². The second-order valence-corrected chi connectivity index (χ2v) is 3.78. The minimum absolute atomic E-state index is 0.333. The summed E-state index contributed by atoms with van der Waals surface area (Å²) < 4.78 is 5.00. The molecule has 6 nitrogen and oxygen atoms in total. The molecule has 2 aromatic rings. The van der Waals surface area contributed by atoms with E-state index in [9.17, 15) is 14.4 Å². The van der Waals surface area contributed by atoms with Gasteiger partial charge in [-0.2, -0.15) is 0 Å². The van der Waals surface area contributed by atoms with Gasteiger partial charge in [0, 0.05) is 23.2 Å². The van der Waals surface area contributed by atoms with Crippen molar-refractivity contribution in [3.63, 3.8) is 0 Å². The molecule has 0 fully saturated rings. The first-order valence-electron chi connectivity index (χ1n) is 5.12. The number of benzene rings is 1. The van der Waals surface area contributed by atoms with Crippen molar-refractivity contribution in [1.82, 2.24) is 0 Å². The van der Waals surface area contributed by atoms with E-state index in [4.69, 9.17) is 10.2 Å². The Morgan fingerprint density at radius 1 is 1.28 bits per heavy atom. The molecule has 1 aromatic carbocycles. The van der Waals surface area contributed by atoms with Crippen LogP contribution >= 0.6 is 0 Å². The van der Waals surface area contributed by atoms with E-state index in [1.165, 1.54) is 12.1 Å². The molecule has 0 saturated carbocycles. The molecule has 0 saturated heterocycles. The molecule has 92 valence electrons. The van der Waals surface area contributed by atoms with Crippen LogP contribution in [0, 0.1) is 6.92 Å². The maximum absolute atomic E-state index is 11.2. The fraction of sp³-hybridized carbons (Fsp3) is 0.0833. The third-order valence-electron chi connectivity index (χ3n) is 2.43. The molecule has 0 aliphatic rings. The summed E-state index contributed by atoms with van der Waals surface area (Å²) in [5.41, 5.74) is 5.79. The van der Waals surface area contributed by atoms with Crippen molar-refractivity contribution in [2.45, 2.75) is 6.92 Å². The first kappa shape index (κ1) is 11.8. The predicted molar refractivity (Wildman–Crippen MR) is 65.0 cm³/mol. The average molecular weight is 246 g/mol. The minimum Gasteiger partial charge on any atom is -0.423 e. The molecular weight excluding hydrogens is 236 g/mol. The van der Waals surface area contributed by atoms with Crippen LogP contribution in [0.2, 0.25) is 0 Å². The zero-order chi connectivity index (χ0) is 13.3. The molecule has 0 aliphatic heterocycles. The van der Waals surface area contributed by atoms with Crippen molar-refractivity contribution >= 4 is 28.5 Å². The van der Waals surface area contributed by atoms with E-state index in [0.717, 1.165) is 10.9 Å². The summed E-state index contributed by atoms with van der Waals surface area (Å²) in [5.74, 6) is -2.01. The highest BCUT2D eigenvalue weighted by molar-refractivity contribution is 6.39. The largest absolute Gasteiger partial charge is 0.423 e. The Balaban J connectivity index is 2.47. The van der Waals surface area contributed by atoms with E-state index in [0.29, 0.717) is 11.3 Å².